The number of fused-ring (bicyclic) bond motifs is 1. The molecule has 0 saturated heterocycles. The minimum Gasteiger partial charge on any atom is -0.331 e. The molecule has 24 heavy (non-hydrogen) atoms. The molecule has 8 heteroatoms. The van der Waals surface area contributed by atoms with E-state index in [1.807, 2.05) is 28.8 Å². The van der Waals surface area contributed by atoms with Crippen LogP contribution in [-0.4, -0.2) is 24.5 Å². The van der Waals surface area contributed by atoms with Crippen molar-refractivity contribution in [2.24, 2.45) is 0 Å². The quantitative estimate of drug-likeness (QED) is 0.659. The molecule has 0 radical (unpaired) electrons. The summed E-state index contributed by atoms with van der Waals surface area (Å²) in [5.41, 5.74) is 1.96. The molecule has 2 aromatic carbocycles. The second-order valence-corrected chi connectivity index (χ2v) is 7.84. The van der Waals surface area contributed by atoms with Gasteiger partial charge in [-0.05, 0) is 36.8 Å². The third-order valence-corrected chi connectivity index (χ3v) is 5.79. The SMILES string of the molecule is O=S(=O)(NCCCn1cnc2ccccc21)c1ccc(Cl)c(Cl)c1. The summed E-state index contributed by atoms with van der Waals surface area (Å²) in [5.74, 6) is 0. The van der Waals surface area contributed by atoms with Crippen molar-refractivity contribution in [3.63, 3.8) is 0 Å². The molecule has 0 spiro atoms. The molecule has 0 bridgehead atoms. The summed E-state index contributed by atoms with van der Waals surface area (Å²) in [6.45, 7) is 0.986. The maximum absolute atomic E-state index is 12.2. The van der Waals surface area contributed by atoms with E-state index in [9.17, 15) is 8.42 Å². The summed E-state index contributed by atoms with van der Waals surface area (Å²) in [5, 5.41) is 0.534. The topological polar surface area (TPSA) is 64.0 Å². The highest BCUT2D eigenvalue weighted by Crippen LogP contribution is 2.24. The molecule has 1 heterocycles. The van der Waals surface area contributed by atoms with Crippen molar-refractivity contribution in [1.29, 1.82) is 0 Å². The maximum atomic E-state index is 12.2. The van der Waals surface area contributed by atoms with Crippen LogP contribution in [0.5, 0.6) is 0 Å². The van der Waals surface area contributed by atoms with Gasteiger partial charge in [-0.2, -0.15) is 0 Å². The Morgan fingerprint density at radius 1 is 1.08 bits per heavy atom. The number of hydrogen-bond donors (Lipinski definition) is 1. The van der Waals surface area contributed by atoms with Crippen LogP contribution in [0.3, 0.4) is 0 Å². The second-order valence-electron chi connectivity index (χ2n) is 5.25. The fraction of sp³-hybridized carbons (Fsp3) is 0.188. The van der Waals surface area contributed by atoms with Crippen LogP contribution in [0.4, 0.5) is 0 Å². The van der Waals surface area contributed by atoms with Crippen LogP contribution in [0.2, 0.25) is 10.0 Å². The van der Waals surface area contributed by atoms with E-state index in [0.29, 0.717) is 24.5 Å². The number of para-hydroxylation sites is 2. The molecule has 0 unspecified atom stereocenters. The Bertz CT molecular complexity index is 970. The minimum absolute atomic E-state index is 0.102. The van der Waals surface area contributed by atoms with Gasteiger partial charge >= 0.3 is 0 Å². The highest BCUT2D eigenvalue weighted by molar-refractivity contribution is 7.89. The van der Waals surface area contributed by atoms with Crippen LogP contribution in [0.15, 0.2) is 53.7 Å². The molecule has 3 aromatic rings. The van der Waals surface area contributed by atoms with E-state index in [4.69, 9.17) is 23.2 Å². The van der Waals surface area contributed by atoms with Crippen LogP contribution in [0.25, 0.3) is 11.0 Å². The highest BCUT2D eigenvalue weighted by atomic mass is 35.5. The molecule has 1 N–H and O–H groups in total. The number of rotatable bonds is 6. The average Bonchev–Trinajstić information content (AvgIpc) is 2.97. The summed E-state index contributed by atoms with van der Waals surface area (Å²) in [6, 6.07) is 12.1. The lowest BCUT2D eigenvalue weighted by molar-refractivity contribution is 0.571. The van der Waals surface area contributed by atoms with Gasteiger partial charge in [0.2, 0.25) is 10.0 Å². The van der Waals surface area contributed by atoms with E-state index in [1.165, 1.54) is 18.2 Å². The standard InChI is InChI=1S/C16H15Cl2N3O2S/c17-13-7-6-12(10-14(13)18)24(22,23)20-8-3-9-21-11-19-15-4-1-2-5-16(15)21/h1-2,4-7,10-11,20H,3,8-9H2. The molecular weight excluding hydrogens is 369 g/mol. The smallest absolute Gasteiger partial charge is 0.240 e. The molecule has 3 rings (SSSR count). The number of nitrogens with one attached hydrogen (secondary N) is 1. The molecule has 0 saturated carbocycles. The van der Waals surface area contributed by atoms with Crippen molar-refractivity contribution in [3.05, 3.63) is 58.8 Å². The molecule has 0 aliphatic rings. The van der Waals surface area contributed by atoms with Gasteiger partial charge in [-0.15, -0.1) is 0 Å². The largest absolute Gasteiger partial charge is 0.331 e. The number of benzene rings is 2. The summed E-state index contributed by atoms with van der Waals surface area (Å²) >= 11 is 11.7. The van der Waals surface area contributed by atoms with Crippen LogP contribution in [-0.2, 0) is 16.6 Å². The predicted octanol–water partition coefficient (Wildman–Crippen LogP) is 3.71. The number of aromatic nitrogens is 2. The summed E-state index contributed by atoms with van der Waals surface area (Å²) in [6.07, 6.45) is 2.40. The lowest BCUT2D eigenvalue weighted by Crippen LogP contribution is -2.25. The van der Waals surface area contributed by atoms with Gasteiger partial charge in [0, 0.05) is 13.1 Å². The van der Waals surface area contributed by atoms with E-state index >= 15 is 0 Å². The lowest BCUT2D eigenvalue weighted by atomic mass is 10.3. The highest BCUT2D eigenvalue weighted by Gasteiger charge is 2.14. The fourth-order valence-corrected chi connectivity index (χ4v) is 3.83. The third kappa shape index (κ3) is 3.72. The number of halogens is 2. The Hall–Kier alpha value is -1.60. The minimum atomic E-state index is -3.60. The first kappa shape index (κ1) is 17.2. The molecule has 0 amide bonds. The molecule has 0 atom stereocenters. The van der Waals surface area contributed by atoms with Gasteiger partial charge in [-0.3, -0.25) is 0 Å². The maximum Gasteiger partial charge on any atom is 0.240 e. The zero-order valence-corrected chi connectivity index (χ0v) is 14.9. The van der Waals surface area contributed by atoms with Crippen LogP contribution in [0.1, 0.15) is 6.42 Å². The van der Waals surface area contributed by atoms with Gasteiger partial charge in [0.15, 0.2) is 0 Å². The summed E-state index contributed by atoms with van der Waals surface area (Å²) in [7, 11) is -3.60. The second kappa shape index (κ2) is 7.11. The van der Waals surface area contributed by atoms with E-state index < -0.39 is 10.0 Å². The monoisotopic (exact) mass is 383 g/mol. The Morgan fingerprint density at radius 3 is 2.67 bits per heavy atom. The molecule has 0 aliphatic heterocycles. The van der Waals surface area contributed by atoms with Gasteiger partial charge in [-0.1, -0.05) is 35.3 Å². The summed E-state index contributed by atoms with van der Waals surface area (Å²) < 4.78 is 29.0. The van der Waals surface area contributed by atoms with E-state index in [2.05, 4.69) is 9.71 Å². The molecule has 126 valence electrons. The molecule has 5 nitrogen and oxygen atoms in total. The number of imidazole rings is 1. The number of aryl methyl sites for hydroxylation is 1. The first-order chi connectivity index (χ1) is 11.5. The fourth-order valence-electron chi connectivity index (χ4n) is 2.37. The van der Waals surface area contributed by atoms with Crippen molar-refractivity contribution in [2.45, 2.75) is 17.9 Å². The average molecular weight is 384 g/mol. The van der Waals surface area contributed by atoms with E-state index in [1.54, 1.807) is 6.33 Å². The molecular formula is C16H15Cl2N3O2S. The number of sulfonamides is 1. The van der Waals surface area contributed by atoms with E-state index in [-0.39, 0.29) is 9.92 Å². The Labute approximate surface area is 150 Å². The van der Waals surface area contributed by atoms with Crippen LogP contribution >= 0.6 is 23.2 Å². The van der Waals surface area contributed by atoms with Crippen molar-refractivity contribution >= 4 is 44.3 Å². The van der Waals surface area contributed by atoms with Gasteiger partial charge in [0.25, 0.3) is 0 Å². The molecule has 0 aliphatic carbocycles. The van der Waals surface area contributed by atoms with Crippen molar-refractivity contribution in [2.75, 3.05) is 6.54 Å². The summed E-state index contributed by atoms with van der Waals surface area (Å²) in [4.78, 5) is 4.41. The van der Waals surface area contributed by atoms with Crippen molar-refractivity contribution < 1.29 is 8.42 Å². The van der Waals surface area contributed by atoms with Crippen molar-refractivity contribution in [3.8, 4) is 0 Å². The zero-order valence-electron chi connectivity index (χ0n) is 12.6. The number of nitrogens with zero attached hydrogens (tertiary/aromatic N) is 2. The Kier molecular flexibility index (Phi) is 5.10. The Balaban J connectivity index is 1.60. The Morgan fingerprint density at radius 2 is 1.88 bits per heavy atom. The first-order valence-electron chi connectivity index (χ1n) is 7.32. The zero-order chi connectivity index (χ0) is 17.2. The number of hydrogen-bond acceptors (Lipinski definition) is 3. The van der Waals surface area contributed by atoms with Gasteiger partial charge in [0.05, 0.1) is 32.3 Å². The lowest BCUT2D eigenvalue weighted by Gasteiger charge is -2.08. The van der Waals surface area contributed by atoms with Crippen LogP contribution < -0.4 is 4.72 Å². The van der Waals surface area contributed by atoms with Gasteiger partial charge in [-0.25, -0.2) is 18.1 Å². The first-order valence-corrected chi connectivity index (χ1v) is 9.56. The van der Waals surface area contributed by atoms with E-state index in [0.717, 1.165) is 11.0 Å². The molecule has 0 fully saturated rings. The van der Waals surface area contributed by atoms with Gasteiger partial charge in [0.1, 0.15) is 0 Å². The molecule has 1 aromatic heterocycles. The van der Waals surface area contributed by atoms with Crippen molar-refractivity contribution in [1.82, 2.24) is 14.3 Å². The van der Waals surface area contributed by atoms with Crippen LogP contribution in [0, 0.1) is 0 Å². The third-order valence-electron chi connectivity index (χ3n) is 3.60. The predicted molar refractivity (Wildman–Crippen MR) is 96.0 cm³/mol. The normalized spacial score (nSPS) is 11.9. The van der Waals surface area contributed by atoms with Gasteiger partial charge < -0.3 is 4.57 Å².